The molecule has 0 aromatic heterocycles. The first-order valence-electron chi connectivity index (χ1n) is 7.71. The van der Waals surface area contributed by atoms with Gasteiger partial charge in [-0.05, 0) is 26.8 Å². The lowest BCUT2D eigenvalue weighted by atomic mass is 9.77. The van der Waals surface area contributed by atoms with Crippen LogP contribution in [0.1, 0.15) is 45.3 Å². The van der Waals surface area contributed by atoms with Crippen LogP contribution in [-0.4, -0.2) is 27.0 Å². The Morgan fingerprint density at radius 1 is 1.33 bits per heavy atom. The zero-order valence-electron chi connectivity index (χ0n) is 13.7. The maximum absolute atomic E-state index is 11.4. The van der Waals surface area contributed by atoms with E-state index in [-0.39, 0.29) is 11.5 Å². The zero-order valence-corrected chi connectivity index (χ0v) is 13.7. The molecular formula is C17H19NO6. The second kappa shape index (κ2) is 5.31. The van der Waals surface area contributed by atoms with Gasteiger partial charge in [0.25, 0.3) is 5.69 Å². The fourth-order valence-electron chi connectivity index (χ4n) is 2.94. The lowest BCUT2D eigenvalue weighted by Gasteiger charge is -2.48. The highest BCUT2D eigenvalue weighted by atomic mass is 16.6. The number of nitro benzene ring substituents is 1. The van der Waals surface area contributed by atoms with Gasteiger partial charge in [-0.1, -0.05) is 0 Å². The van der Waals surface area contributed by atoms with E-state index in [2.05, 4.69) is 0 Å². The highest BCUT2D eigenvalue weighted by molar-refractivity contribution is 5.92. The second-order valence-electron chi connectivity index (χ2n) is 6.81. The van der Waals surface area contributed by atoms with Crippen LogP contribution >= 0.6 is 0 Å². The van der Waals surface area contributed by atoms with Gasteiger partial charge in [-0.3, -0.25) is 14.9 Å². The van der Waals surface area contributed by atoms with Crippen molar-refractivity contribution in [3.05, 3.63) is 45.7 Å². The van der Waals surface area contributed by atoms with Gasteiger partial charge in [0.05, 0.1) is 4.92 Å². The standard InChI is InChI=1S/C17H19NO6/c1-16(2)17(3,20)15(23-12-6-5-11(19)9-12)13-8-10(18(21)22)4-7-14(13)24-16/h4,7-9,15,20H,5-6H2,1-3H3. The minimum absolute atomic E-state index is 0.0322. The third-order valence-corrected chi connectivity index (χ3v) is 4.79. The Hall–Kier alpha value is -2.41. The summed E-state index contributed by atoms with van der Waals surface area (Å²) in [4.78, 5) is 22.0. The molecule has 0 saturated heterocycles. The van der Waals surface area contributed by atoms with Crippen molar-refractivity contribution in [3.63, 3.8) is 0 Å². The van der Waals surface area contributed by atoms with Gasteiger partial charge in [0.15, 0.2) is 11.9 Å². The van der Waals surface area contributed by atoms with Crippen LogP contribution < -0.4 is 4.74 Å². The van der Waals surface area contributed by atoms with Crippen molar-refractivity contribution >= 4 is 11.5 Å². The average molecular weight is 333 g/mol. The number of hydrogen-bond donors (Lipinski definition) is 1. The maximum atomic E-state index is 11.4. The smallest absolute Gasteiger partial charge is 0.270 e. The minimum Gasteiger partial charge on any atom is -0.487 e. The van der Waals surface area contributed by atoms with Crippen LogP contribution in [0, 0.1) is 10.1 Å². The first-order chi connectivity index (χ1) is 11.1. The summed E-state index contributed by atoms with van der Waals surface area (Å²) in [6, 6.07) is 4.21. The molecule has 0 spiro atoms. The van der Waals surface area contributed by atoms with E-state index in [9.17, 15) is 20.0 Å². The molecule has 0 saturated carbocycles. The summed E-state index contributed by atoms with van der Waals surface area (Å²) in [7, 11) is 0. The molecule has 0 bridgehead atoms. The molecule has 128 valence electrons. The molecule has 0 fully saturated rings. The number of ether oxygens (including phenoxy) is 2. The highest BCUT2D eigenvalue weighted by Gasteiger charge is 2.54. The molecule has 1 aliphatic heterocycles. The fraction of sp³-hybridized carbons (Fsp3) is 0.471. The summed E-state index contributed by atoms with van der Waals surface area (Å²) < 4.78 is 11.8. The van der Waals surface area contributed by atoms with Crippen LogP contribution in [0.2, 0.25) is 0 Å². The largest absolute Gasteiger partial charge is 0.487 e. The molecular weight excluding hydrogens is 314 g/mol. The number of benzene rings is 1. The Bertz CT molecular complexity index is 749. The number of nitrogens with zero attached hydrogens (tertiary/aromatic N) is 1. The van der Waals surface area contributed by atoms with Crippen molar-refractivity contribution in [2.75, 3.05) is 0 Å². The minimum atomic E-state index is -1.46. The molecule has 7 nitrogen and oxygen atoms in total. The molecule has 2 atom stereocenters. The van der Waals surface area contributed by atoms with Crippen molar-refractivity contribution in [2.24, 2.45) is 0 Å². The normalized spacial score (nSPS) is 27.9. The predicted octanol–water partition coefficient (Wildman–Crippen LogP) is 2.82. The lowest BCUT2D eigenvalue weighted by molar-refractivity contribution is -0.385. The Morgan fingerprint density at radius 2 is 2.04 bits per heavy atom. The molecule has 1 aliphatic carbocycles. The van der Waals surface area contributed by atoms with Crippen LogP contribution in [0.15, 0.2) is 30.0 Å². The molecule has 1 N–H and O–H groups in total. The van der Waals surface area contributed by atoms with Gasteiger partial charge >= 0.3 is 0 Å². The number of nitro groups is 1. The number of carbonyl (C=O) groups is 1. The van der Waals surface area contributed by atoms with Crippen molar-refractivity contribution < 1.29 is 24.3 Å². The molecule has 1 heterocycles. The molecule has 7 heteroatoms. The van der Waals surface area contributed by atoms with Crippen molar-refractivity contribution in [3.8, 4) is 5.75 Å². The van der Waals surface area contributed by atoms with E-state index in [1.165, 1.54) is 24.3 Å². The summed E-state index contributed by atoms with van der Waals surface area (Å²) in [5.74, 6) is 0.864. The number of aliphatic hydroxyl groups is 1. The van der Waals surface area contributed by atoms with E-state index in [1.54, 1.807) is 20.8 Å². The van der Waals surface area contributed by atoms with Crippen LogP contribution in [0.3, 0.4) is 0 Å². The van der Waals surface area contributed by atoms with Crippen molar-refractivity contribution in [2.45, 2.75) is 50.9 Å². The van der Waals surface area contributed by atoms with E-state index in [0.717, 1.165) is 0 Å². The molecule has 2 unspecified atom stereocenters. The Balaban J connectivity index is 2.09. The third kappa shape index (κ3) is 2.54. The molecule has 1 aromatic carbocycles. The van der Waals surface area contributed by atoms with E-state index < -0.39 is 22.2 Å². The summed E-state index contributed by atoms with van der Waals surface area (Å²) >= 11 is 0. The van der Waals surface area contributed by atoms with Gasteiger partial charge in [-0.15, -0.1) is 0 Å². The summed E-state index contributed by atoms with van der Waals surface area (Å²) in [6.45, 7) is 5.01. The third-order valence-electron chi connectivity index (χ3n) is 4.79. The molecule has 3 rings (SSSR count). The first kappa shape index (κ1) is 16.4. The summed E-state index contributed by atoms with van der Waals surface area (Å²) in [5, 5.41) is 22.1. The average Bonchev–Trinajstić information content (AvgIpc) is 2.89. The molecule has 1 aromatic rings. The number of non-ortho nitro benzene ring substituents is 1. The molecule has 0 amide bonds. The second-order valence-corrected chi connectivity index (χ2v) is 6.81. The zero-order chi connectivity index (χ0) is 17.7. The predicted molar refractivity (Wildman–Crippen MR) is 84.6 cm³/mol. The summed E-state index contributed by atoms with van der Waals surface area (Å²) in [6.07, 6.45) is 1.35. The van der Waals surface area contributed by atoms with Gasteiger partial charge in [0, 0.05) is 36.6 Å². The van der Waals surface area contributed by atoms with E-state index in [0.29, 0.717) is 29.9 Å². The topological polar surface area (TPSA) is 98.9 Å². The molecule has 2 aliphatic rings. The van der Waals surface area contributed by atoms with Gasteiger partial charge < -0.3 is 14.6 Å². The monoisotopic (exact) mass is 333 g/mol. The quantitative estimate of drug-likeness (QED) is 0.674. The number of ketones is 1. The van der Waals surface area contributed by atoms with Gasteiger partial charge in [-0.25, -0.2) is 0 Å². The number of fused-ring (bicyclic) bond motifs is 1. The Labute approximate surface area is 139 Å². The van der Waals surface area contributed by atoms with E-state index in [1.807, 2.05) is 0 Å². The SMILES string of the molecule is CC1(C)Oc2ccc([N+](=O)[O-])cc2C(OC2=CC(=O)CC2)C1(C)O. The van der Waals surface area contributed by atoms with Gasteiger partial charge in [0.2, 0.25) is 0 Å². The summed E-state index contributed by atoms with van der Waals surface area (Å²) in [5.41, 5.74) is -2.15. The number of carbonyl (C=O) groups excluding carboxylic acids is 1. The molecule has 0 radical (unpaired) electrons. The molecule has 24 heavy (non-hydrogen) atoms. The Morgan fingerprint density at radius 3 is 2.62 bits per heavy atom. The van der Waals surface area contributed by atoms with Crippen molar-refractivity contribution in [1.29, 1.82) is 0 Å². The lowest BCUT2D eigenvalue weighted by Crippen LogP contribution is -2.58. The number of allylic oxidation sites excluding steroid dienone is 2. The van der Waals surface area contributed by atoms with Crippen LogP contribution in [0.25, 0.3) is 0 Å². The highest BCUT2D eigenvalue weighted by Crippen LogP contribution is 2.50. The van der Waals surface area contributed by atoms with Crippen LogP contribution in [-0.2, 0) is 9.53 Å². The van der Waals surface area contributed by atoms with Gasteiger partial charge in [-0.2, -0.15) is 0 Å². The first-order valence-corrected chi connectivity index (χ1v) is 7.71. The van der Waals surface area contributed by atoms with Crippen molar-refractivity contribution in [1.82, 2.24) is 0 Å². The van der Waals surface area contributed by atoms with Crippen LogP contribution in [0.4, 0.5) is 5.69 Å². The number of rotatable bonds is 3. The number of hydrogen-bond acceptors (Lipinski definition) is 6. The fourth-order valence-corrected chi connectivity index (χ4v) is 2.94. The van der Waals surface area contributed by atoms with E-state index >= 15 is 0 Å². The Kier molecular flexibility index (Phi) is 3.64. The van der Waals surface area contributed by atoms with Gasteiger partial charge in [0.1, 0.15) is 22.7 Å². The maximum Gasteiger partial charge on any atom is 0.270 e. The van der Waals surface area contributed by atoms with E-state index in [4.69, 9.17) is 9.47 Å². The van der Waals surface area contributed by atoms with Crippen LogP contribution in [0.5, 0.6) is 5.75 Å².